The molecule has 1 aliphatic heterocycles. The van der Waals surface area contributed by atoms with Crippen LogP contribution in [-0.2, 0) is 14.3 Å². The first kappa shape index (κ1) is 7.25. The molecule has 0 aromatic heterocycles. The molecule has 0 saturated carbocycles. The highest BCUT2D eigenvalue weighted by molar-refractivity contribution is 5.94. The van der Waals surface area contributed by atoms with Crippen LogP contribution >= 0.6 is 0 Å². The second kappa shape index (κ2) is 2.40. The van der Waals surface area contributed by atoms with Gasteiger partial charge in [0.25, 0.3) is 0 Å². The van der Waals surface area contributed by atoms with Crippen molar-refractivity contribution in [2.45, 2.75) is 20.3 Å². The second-order valence-corrected chi connectivity index (χ2v) is 2.85. The fraction of sp³-hybridized carbons (Fsp3) is 0.714. The van der Waals surface area contributed by atoms with Crippen LogP contribution in [0.15, 0.2) is 0 Å². The highest BCUT2D eigenvalue weighted by Crippen LogP contribution is 2.23. The summed E-state index contributed by atoms with van der Waals surface area (Å²) in [6.07, 6.45) is 0.260. The fourth-order valence-electron chi connectivity index (χ4n) is 1.00. The van der Waals surface area contributed by atoms with E-state index in [9.17, 15) is 9.59 Å². The van der Waals surface area contributed by atoms with Crippen LogP contribution in [0.25, 0.3) is 0 Å². The Morgan fingerprint density at radius 3 is 2.30 bits per heavy atom. The van der Waals surface area contributed by atoms with Crippen LogP contribution in [-0.4, -0.2) is 11.9 Å². The monoisotopic (exact) mass is 142 g/mol. The molecule has 1 heterocycles. The summed E-state index contributed by atoms with van der Waals surface area (Å²) in [5, 5.41) is 0. The average Bonchev–Trinajstić information content (AvgIpc) is 2.10. The van der Waals surface area contributed by atoms with E-state index in [0.717, 1.165) is 0 Å². The first-order valence-corrected chi connectivity index (χ1v) is 3.36. The van der Waals surface area contributed by atoms with Gasteiger partial charge in [0.1, 0.15) is 0 Å². The fourth-order valence-corrected chi connectivity index (χ4v) is 1.00. The highest BCUT2D eigenvalue weighted by atomic mass is 16.6. The third-order valence-corrected chi connectivity index (χ3v) is 1.71. The molecule has 3 heteroatoms. The van der Waals surface area contributed by atoms with E-state index in [4.69, 9.17) is 0 Å². The number of cyclic esters (lactones) is 2. The third kappa shape index (κ3) is 1.17. The Morgan fingerprint density at radius 2 is 2.10 bits per heavy atom. The smallest absolute Gasteiger partial charge is 0.317 e. The van der Waals surface area contributed by atoms with Gasteiger partial charge in [-0.15, -0.1) is 0 Å². The molecule has 3 nitrogen and oxygen atoms in total. The molecule has 10 heavy (non-hydrogen) atoms. The third-order valence-electron chi connectivity index (χ3n) is 1.71. The van der Waals surface area contributed by atoms with Crippen molar-refractivity contribution >= 4 is 11.9 Å². The van der Waals surface area contributed by atoms with Gasteiger partial charge >= 0.3 is 11.9 Å². The van der Waals surface area contributed by atoms with Crippen molar-refractivity contribution < 1.29 is 14.3 Å². The molecule has 56 valence electrons. The van der Waals surface area contributed by atoms with Crippen molar-refractivity contribution in [3.63, 3.8) is 0 Å². The van der Waals surface area contributed by atoms with Crippen LogP contribution in [0.2, 0.25) is 0 Å². The predicted molar refractivity (Wildman–Crippen MR) is 34.0 cm³/mol. The minimum Gasteiger partial charge on any atom is -0.393 e. The average molecular weight is 142 g/mol. The number of carbonyl (C=O) groups excluding carboxylic acids is 2. The van der Waals surface area contributed by atoms with E-state index in [1.165, 1.54) is 0 Å². The molecule has 0 aliphatic carbocycles. The molecule has 1 saturated heterocycles. The molecule has 1 aliphatic rings. The Morgan fingerprint density at radius 1 is 1.50 bits per heavy atom. The molecule has 0 aromatic rings. The molecule has 1 fully saturated rings. The maximum absolute atomic E-state index is 10.8. The van der Waals surface area contributed by atoms with E-state index in [-0.39, 0.29) is 30.2 Å². The SMILES string of the molecule is CC(C)C1CC(=O)OC1=O. The van der Waals surface area contributed by atoms with Gasteiger partial charge in [-0.25, -0.2) is 0 Å². The Kier molecular flexibility index (Phi) is 1.74. The maximum Gasteiger partial charge on any atom is 0.317 e. The molecule has 0 N–H and O–H groups in total. The van der Waals surface area contributed by atoms with Crippen molar-refractivity contribution in [2.24, 2.45) is 11.8 Å². The normalized spacial score (nSPS) is 25.7. The molecule has 1 unspecified atom stereocenters. The summed E-state index contributed by atoms with van der Waals surface area (Å²) in [6, 6.07) is 0. The standard InChI is InChI=1S/C7H10O3/c1-4(2)5-3-6(8)10-7(5)9/h4-5H,3H2,1-2H3. The summed E-state index contributed by atoms with van der Waals surface area (Å²) in [6.45, 7) is 3.81. The lowest BCUT2D eigenvalue weighted by Crippen LogP contribution is -2.13. The van der Waals surface area contributed by atoms with E-state index < -0.39 is 0 Å². The summed E-state index contributed by atoms with van der Waals surface area (Å²) in [7, 11) is 0. The Balaban J connectivity index is 2.63. The van der Waals surface area contributed by atoms with Crippen LogP contribution in [0.1, 0.15) is 20.3 Å². The zero-order chi connectivity index (χ0) is 7.72. The van der Waals surface area contributed by atoms with Crippen molar-refractivity contribution in [3.05, 3.63) is 0 Å². The van der Waals surface area contributed by atoms with E-state index in [0.29, 0.717) is 0 Å². The first-order chi connectivity index (χ1) is 4.61. The molecule has 0 radical (unpaired) electrons. The maximum atomic E-state index is 10.8. The number of hydrogen-bond donors (Lipinski definition) is 0. The molecular weight excluding hydrogens is 132 g/mol. The summed E-state index contributed by atoms with van der Waals surface area (Å²) in [4.78, 5) is 21.3. The van der Waals surface area contributed by atoms with Gasteiger partial charge in [-0.1, -0.05) is 13.8 Å². The van der Waals surface area contributed by atoms with Gasteiger partial charge in [0, 0.05) is 0 Å². The molecule has 0 amide bonds. The summed E-state index contributed by atoms with van der Waals surface area (Å²) in [5.41, 5.74) is 0. The van der Waals surface area contributed by atoms with E-state index in [1.807, 2.05) is 13.8 Å². The Bertz CT molecular complexity index is 172. The van der Waals surface area contributed by atoms with Gasteiger partial charge in [-0.2, -0.15) is 0 Å². The van der Waals surface area contributed by atoms with Crippen LogP contribution in [0.5, 0.6) is 0 Å². The Labute approximate surface area is 59.4 Å². The highest BCUT2D eigenvalue weighted by Gasteiger charge is 2.35. The van der Waals surface area contributed by atoms with Gasteiger partial charge in [0.2, 0.25) is 0 Å². The number of hydrogen-bond acceptors (Lipinski definition) is 3. The number of carbonyl (C=O) groups is 2. The molecule has 1 atom stereocenters. The summed E-state index contributed by atoms with van der Waals surface area (Å²) >= 11 is 0. The minimum absolute atomic E-state index is 0.201. The zero-order valence-corrected chi connectivity index (χ0v) is 6.09. The quantitative estimate of drug-likeness (QED) is 0.400. The lowest BCUT2D eigenvalue weighted by molar-refractivity contribution is -0.153. The Hall–Kier alpha value is -0.860. The van der Waals surface area contributed by atoms with Crippen LogP contribution in [0.3, 0.4) is 0 Å². The molecule has 1 rings (SSSR count). The largest absolute Gasteiger partial charge is 0.393 e. The molecule has 0 aromatic carbocycles. The van der Waals surface area contributed by atoms with Crippen molar-refractivity contribution in [2.75, 3.05) is 0 Å². The summed E-state index contributed by atoms with van der Waals surface area (Å²) < 4.78 is 4.36. The number of ether oxygens (including phenoxy) is 1. The van der Waals surface area contributed by atoms with E-state index >= 15 is 0 Å². The van der Waals surface area contributed by atoms with Crippen molar-refractivity contribution in [1.29, 1.82) is 0 Å². The minimum atomic E-state index is -0.385. The lowest BCUT2D eigenvalue weighted by Gasteiger charge is -2.06. The molecule has 0 bridgehead atoms. The van der Waals surface area contributed by atoms with Gasteiger partial charge < -0.3 is 4.74 Å². The topological polar surface area (TPSA) is 43.4 Å². The molecule has 0 spiro atoms. The van der Waals surface area contributed by atoms with Crippen molar-refractivity contribution in [1.82, 2.24) is 0 Å². The summed E-state index contributed by atoms with van der Waals surface area (Å²) in [5.74, 6) is -0.741. The van der Waals surface area contributed by atoms with Crippen molar-refractivity contribution in [3.8, 4) is 0 Å². The van der Waals surface area contributed by atoms with Crippen LogP contribution in [0, 0.1) is 11.8 Å². The van der Waals surface area contributed by atoms with Gasteiger partial charge in [-0.05, 0) is 5.92 Å². The van der Waals surface area contributed by atoms with Crippen LogP contribution in [0.4, 0.5) is 0 Å². The zero-order valence-electron chi connectivity index (χ0n) is 6.09. The van der Waals surface area contributed by atoms with E-state index in [1.54, 1.807) is 0 Å². The van der Waals surface area contributed by atoms with E-state index in [2.05, 4.69) is 4.74 Å². The second-order valence-electron chi connectivity index (χ2n) is 2.85. The first-order valence-electron chi connectivity index (χ1n) is 3.36. The lowest BCUT2D eigenvalue weighted by atomic mass is 9.95. The number of rotatable bonds is 1. The van der Waals surface area contributed by atoms with Crippen LogP contribution < -0.4 is 0 Å². The van der Waals surface area contributed by atoms with Gasteiger partial charge in [-0.3, -0.25) is 9.59 Å². The van der Waals surface area contributed by atoms with Gasteiger partial charge in [0.05, 0.1) is 12.3 Å². The number of esters is 2. The predicted octanol–water partition coefficient (Wildman–Crippen LogP) is 0.732. The van der Waals surface area contributed by atoms with Gasteiger partial charge in [0.15, 0.2) is 0 Å². The molecular formula is C7H10O3.